The van der Waals surface area contributed by atoms with Crippen molar-refractivity contribution in [2.45, 2.75) is 0 Å². The summed E-state index contributed by atoms with van der Waals surface area (Å²) in [6.45, 7) is 0. The van der Waals surface area contributed by atoms with Crippen molar-refractivity contribution >= 4 is 40.1 Å². The zero-order valence-corrected chi connectivity index (χ0v) is 17.6. The molecule has 0 spiro atoms. The zero-order valence-electron chi connectivity index (χ0n) is 16.7. The van der Waals surface area contributed by atoms with Crippen molar-refractivity contribution in [3.63, 3.8) is 0 Å². The van der Waals surface area contributed by atoms with Crippen LogP contribution in [0, 0.1) is 0 Å². The van der Waals surface area contributed by atoms with Crippen LogP contribution in [0.4, 0.5) is 0 Å². The maximum atomic E-state index is 12.9. The fraction of sp³-hybridized carbons (Fsp3) is 0.0833. The molecule has 1 aliphatic heterocycles. The van der Waals surface area contributed by atoms with Gasteiger partial charge in [0.05, 0.1) is 12.7 Å². The second kappa shape index (κ2) is 7.45. The number of allylic oxidation sites excluding steroid dienone is 1. The summed E-state index contributed by atoms with van der Waals surface area (Å²) in [5.74, 6) is 0.974. The first-order chi connectivity index (χ1) is 15.0. The minimum atomic E-state index is -0.445. The Morgan fingerprint density at radius 1 is 1.13 bits per heavy atom. The van der Waals surface area contributed by atoms with Crippen molar-refractivity contribution in [3.05, 3.63) is 81.9 Å². The lowest BCUT2D eigenvalue weighted by atomic mass is 10.1. The largest absolute Gasteiger partial charge is 0.497 e. The Morgan fingerprint density at radius 2 is 1.97 bits per heavy atom. The minimum absolute atomic E-state index is 0.215. The summed E-state index contributed by atoms with van der Waals surface area (Å²) in [6, 6.07) is 14.0. The zero-order chi connectivity index (χ0) is 21.5. The molecule has 0 unspecified atom stereocenters. The topological polar surface area (TPSA) is 66.8 Å². The smallest absolute Gasteiger partial charge is 0.353 e. The summed E-state index contributed by atoms with van der Waals surface area (Å²) in [7, 11) is 3.56. The molecule has 0 amide bonds. The Morgan fingerprint density at radius 3 is 2.74 bits per heavy atom. The molecular weight excluding hydrogens is 414 g/mol. The van der Waals surface area contributed by atoms with E-state index in [-0.39, 0.29) is 11.5 Å². The molecule has 2 aromatic heterocycles. The van der Waals surface area contributed by atoms with Crippen LogP contribution in [0.15, 0.2) is 65.9 Å². The molecule has 1 aliphatic rings. The SMILES string of the molecule is COc1ccc2c(c1)c(/C=C1/Oc3cc(OC(=O)c4cccs4)ccc3C1=O)cn2C. The first-order valence-corrected chi connectivity index (χ1v) is 10.4. The number of benzene rings is 2. The molecule has 4 aromatic rings. The fourth-order valence-corrected chi connectivity index (χ4v) is 4.17. The van der Waals surface area contributed by atoms with Crippen LogP contribution < -0.4 is 14.2 Å². The van der Waals surface area contributed by atoms with Crippen LogP contribution in [-0.4, -0.2) is 23.4 Å². The lowest BCUT2D eigenvalue weighted by Crippen LogP contribution is -2.06. The second-order valence-electron chi connectivity index (χ2n) is 7.04. The number of fused-ring (bicyclic) bond motifs is 2. The monoisotopic (exact) mass is 431 g/mol. The van der Waals surface area contributed by atoms with E-state index in [1.807, 2.05) is 36.0 Å². The van der Waals surface area contributed by atoms with Gasteiger partial charge in [0, 0.05) is 35.8 Å². The fourth-order valence-electron chi connectivity index (χ4n) is 3.57. The van der Waals surface area contributed by atoms with E-state index in [4.69, 9.17) is 14.2 Å². The highest BCUT2D eigenvalue weighted by Crippen LogP contribution is 2.36. The van der Waals surface area contributed by atoms with E-state index in [1.54, 1.807) is 48.9 Å². The highest BCUT2D eigenvalue weighted by atomic mass is 32.1. The maximum Gasteiger partial charge on any atom is 0.353 e. The summed E-state index contributed by atoms with van der Waals surface area (Å²) < 4.78 is 18.5. The van der Waals surface area contributed by atoms with Crippen LogP contribution in [0.3, 0.4) is 0 Å². The van der Waals surface area contributed by atoms with Crippen LogP contribution >= 0.6 is 11.3 Å². The maximum absolute atomic E-state index is 12.9. The number of hydrogen-bond acceptors (Lipinski definition) is 6. The Labute approximate surface area is 181 Å². The van der Waals surface area contributed by atoms with Gasteiger partial charge in [-0.1, -0.05) is 6.07 Å². The van der Waals surface area contributed by atoms with E-state index in [0.717, 1.165) is 22.2 Å². The van der Waals surface area contributed by atoms with Crippen molar-refractivity contribution in [2.75, 3.05) is 7.11 Å². The number of carbonyl (C=O) groups excluding carboxylic acids is 2. The molecular formula is C24H17NO5S. The number of thiophene rings is 1. The van der Waals surface area contributed by atoms with E-state index >= 15 is 0 Å². The number of aryl methyl sites for hydroxylation is 1. The molecule has 5 rings (SSSR count). The number of rotatable bonds is 4. The van der Waals surface area contributed by atoms with Crippen molar-refractivity contribution in [2.24, 2.45) is 7.05 Å². The molecule has 0 atom stereocenters. The summed E-state index contributed by atoms with van der Waals surface area (Å²) in [5, 5.41) is 2.76. The number of hydrogen-bond donors (Lipinski definition) is 0. The quantitative estimate of drug-likeness (QED) is 0.256. The average Bonchev–Trinajstić information content (AvgIpc) is 3.48. The summed E-state index contributed by atoms with van der Waals surface area (Å²) in [6.07, 6.45) is 3.66. The molecule has 0 N–H and O–H groups in total. The van der Waals surface area contributed by atoms with Gasteiger partial charge in [-0.25, -0.2) is 4.79 Å². The third-order valence-corrected chi connectivity index (χ3v) is 5.94. The van der Waals surface area contributed by atoms with Gasteiger partial charge in [-0.15, -0.1) is 11.3 Å². The predicted molar refractivity (Wildman–Crippen MR) is 118 cm³/mol. The number of aromatic nitrogens is 1. The van der Waals surface area contributed by atoms with Crippen LogP contribution in [-0.2, 0) is 7.05 Å². The van der Waals surface area contributed by atoms with Crippen LogP contribution in [0.1, 0.15) is 25.6 Å². The van der Waals surface area contributed by atoms with Gasteiger partial charge < -0.3 is 18.8 Å². The number of Topliss-reactive ketones (excluding diaryl/α,β-unsaturated/α-hetero) is 1. The van der Waals surface area contributed by atoms with Crippen molar-refractivity contribution in [1.82, 2.24) is 4.57 Å². The molecule has 0 radical (unpaired) electrons. The molecule has 31 heavy (non-hydrogen) atoms. The molecule has 3 heterocycles. The van der Waals surface area contributed by atoms with Gasteiger partial charge in [-0.3, -0.25) is 4.79 Å². The highest BCUT2D eigenvalue weighted by Gasteiger charge is 2.28. The van der Waals surface area contributed by atoms with E-state index in [9.17, 15) is 9.59 Å². The Kier molecular flexibility index (Phi) is 4.60. The van der Waals surface area contributed by atoms with Gasteiger partial charge in [-0.05, 0) is 47.9 Å². The summed E-state index contributed by atoms with van der Waals surface area (Å²) in [4.78, 5) is 25.5. The first-order valence-electron chi connectivity index (χ1n) is 9.50. The Balaban J connectivity index is 1.45. The van der Waals surface area contributed by atoms with E-state index < -0.39 is 5.97 Å². The minimum Gasteiger partial charge on any atom is -0.497 e. The van der Waals surface area contributed by atoms with E-state index in [0.29, 0.717) is 21.9 Å². The van der Waals surface area contributed by atoms with Gasteiger partial charge in [0.1, 0.15) is 22.1 Å². The van der Waals surface area contributed by atoms with Crippen LogP contribution in [0.5, 0.6) is 17.2 Å². The molecule has 7 heteroatoms. The standard InChI is InChI=1S/C24H17NO5S/c1-25-13-14(18-11-15(28-2)6-8-19(18)25)10-21-23(26)17-7-5-16(12-20(17)30-21)29-24(27)22-4-3-9-31-22/h3-13H,1-2H3/b21-10+. The molecule has 2 aromatic carbocycles. The van der Waals surface area contributed by atoms with Crippen LogP contribution in [0.25, 0.3) is 17.0 Å². The Hall–Kier alpha value is -3.84. The molecule has 154 valence electrons. The normalized spacial score (nSPS) is 14.0. The molecule has 0 aliphatic carbocycles. The summed E-state index contributed by atoms with van der Waals surface area (Å²) >= 11 is 1.30. The number of carbonyl (C=O) groups is 2. The number of methoxy groups -OCH3 is 1. The lowest BCUT2D eigenvalue weighted by molar-refractivity contribution is 0.0739. The molecule has 0 saturated carbocycles. The molecule has 0 saturated heterocycles. The van der Waals surface area contributed by atoms with Gasteiger partial charge in [0.25, 0.3) is 0 Å². The van der Waals surface area contributed by atoms with Gasteiger partial charge in [-0.2, -0.15) is 0 Å². The van der Waals surface area contributed by atoms with Crippen LogP contribution in [0.2, 0.25) is 0 Å². The highest BCUT2D eigenvalue weighted by molar-refractivity contribution is 7.12. The third kappa shape index (κ3) is 3.39. The average molecular weight is 431 g/mol. The lowest BCUT2D eigenvalue weighted by Gasteiger charge is -2.04. The van der Waals surface area contributed by atoms with Crippen molar-refractivity contribution in [1.29, 1.82) is 0 Å². The molecule has 0 bridgehead atoms. The summed E-state index contributed by atoms with van der Waals surface area (Å²) in [5.41, 5.74) is 2.29. The Bertz CT molecular complexity index is 1360. The third-order valence-electron chi connectivity index (χ3n) is 5.09. The van der Waals surface area contributed by atoms with Gasteiger partial charge >= 0.3 is 5.97 Å². The number of nitrogens with zero attached hydrogens (tertiary/aromatic N) is 1. The van der Waals surface area contributed by atoms with E-state index in [2.05, 4.69) is 0 Å². The molecule has 6 nitrogen and oxygen atoms in total. The van der Waals surface area contributed by atoms with Gasteiger partial charge in [0.15, 0.2) is 5.76 Å². The second-order valence-corrected chi connectivity index (χ2v) is 7.99. The van der Waals surface area contributed by atoms with Crippen molar-refractivity contribution in [3.8, 4) is 17.2 Å². The van der Waals surface area contributed by atoms with E-state index in [1.165, 1.54) is 11.3 Å². The number of ether oxygens (including phenoxy) is 3. The first kappa shape index (κ1) is 19.1. The number of ketones is 1. The molecule has 0 fully saturated rings. The number of esters is 1. The predicted octanol–water partition coefficient (Wildman–Crippen LogP) is 5.08. The van der Waals surface area contributed by atoms with Gasteiger partial charge in [0.2, 0.25) is 5.78 Å². The van der Waals surface area contributed by atoms with Crippen molar-refractivity contribution < 1.29 is 23.8 Å².